The number of rotatable bonds is 3. The Bertz CT molecular complexity index is 1360. The van der Waals surface area contributed by atoms with Gasteiger partial charge in [0, 0.05) is 13.1 Å². The van der Waals surface area contributed by atoms with Gasteiger partial charge in [0.05, 0.1) is 33.6 Å². The summed E-state index contributed by atoms with van der Waals surface area (Å²) in [5, 5.41) is 26.0. The highest BCUT2D eigenvalue weighted by Crippen LogP contribution is 2.33. The van der Waals surface area contributed by atoms with E-state index in [9.17, 15) is 14.7 Å². The van der Waals surface area contributed by atoms with Crippen LogP contribution >= 0.6 is 11.3 Å². The summed E-state index contributed by atoms with van der Waals surface area (Å²) in [7, 11) is 0. The van der Waals surface area contributed by atoms with Crippen LogP contribution in [-0.2, 0) is 5.66 Å². The van der Waals surface area contributed by atoms with Crippen LogP contribution in [0.3, 0.4) is 0 Å². The van der Waals surface area contributed by atoms with E-state index in [1.165, 1.54) is 17.7 Å². The molecule has 1 unspecified atom stereocenters. The Morgan fingerprint density at radius 2 is 2.12 bits per heavy atom. The molecule has 0 saturated carbocycles. The molecule has 0 radical (unpaired) electrons. The van der Waals surface area contributed by atoms with Crippen LogP contribution in [0.5, 0.6) is 0 Å². The number of aromatic nitrogens is 3. The van der Waals surface area contributed by atoms with Crippen molar-refractivity contribution in [3.05, 3.63) is 44.9 Å². The van der Waals surface area contributed by atoms with E-state index in [1.807, 2.05) is 20.8 Å². The van der Waals surface area contributed by atoms with E-state index in [-0.39, 0.29) is 17.4 Å². The number of hydrogen-bond acceptors (Lipinski definition) is 9. The van der Waals surface area contributed by atoms with Crippen LogP contribution in [0, 0.1) is 24.2 Å². The van der Waals surface area contributed by atoms with Gasteiger partial charge in [0.2, 0.25) is 0 Å². The lowest BCUT2D eigenvalue weighted by molar-refractivity contribution is 0.0582. The third-order valence-electron chi connectivity index (χ3n) is 5.89. The second-order valence-electron chi connectivity index (χ2n) is 8.59. The molecule has 0 aliphatic carbocycles. The number of anilines is 2. The number of nitrogens with one attached hydrogen (secondary N) is 2. The number of fused-ring (bicyclic) bond motifs is 2. The maximum absolute atomic E-state index is 13.2. The standard InChI is InChI=1S/C21H21N7O3S/c1-10-4-13(19(30)28-15(10)17(29)26-21(28,2)3)25-16-12-5-14(32-18(12)24-9-23-16)20(31)27-7-11(6-22)8-27/h4-5,9,11,17,26,29H,7-8H2,1-3H3,(H,23,24,25). The molecule has 2 aliphatic rings. The van der Waals surface area contributed by atoms with Crippen molar-refractivity contribution < 1.29 is 9.90 Å². The Morgan fingerprint density at radius 3 is 2.84 bits per heavy atom. The van der Waals surface area contributed by atoms with E-state index < -0.39 is 11.9 Å². The van der Waals surface area contributed by atoms with Gasteiger partial charge in [0.15, 0.2) is 0 Å². The van der Waals surface area contributed by atoms with E-state index >= 15 is 0 Å². The van der Waals surface area contributed by atoms with Crippen LogP contribution in [0.25, 0.3) is 10.2 Å². The van der Waals surface area contributed by atoms with Gasteiger partial charge in [-0.1, -0.05) is 0 Å². The number of hydrogen-bond donors (Lipinski definition) is 3. The zero-order chi connectivity index (χ0) is 22.8. The van der Waals surface area contributed by atoms with Gasteiger partial charge in [-0.05, 0) is 38.5 Å². The highest BCUT2D eigenvalue weighted by molar-refractivity contribution is 7.20. The van der Waals surface area contributed by atoms with Crippen molar-refractivity contribution in [2.24, 2.45) is 5.92 Å². The number of likely N-dealkylation sites (tertiary alicyclic amines) is 1. The highest BCUT2D eigenvalue weighted by atomic mass is 32.1. The fourth-order valence-electron chi connectivity index (χ4n) is 4.28. The largest absolute Gasteiger partial charge is 0.373 e. The molecule has 1 atom stereocenters. The van der Waals surface area contributed by atoms with Gasteiger partial charge in [-0.15, -0.1) is 11.3 Å². The number of nitrogens with zero attached hydrogens (tertiary/aromatic N) is 5. The summed E-state index contributed by atoms with van der Waals surface area (Å²) in [5.74, 6) is 0.171. The van der Waals surface area contributed by atoms with Crippen LogP contribution in [-0.4, -0.2) is 43.5 Å². The van der Waals surface area contributed by atoms with Crippen LogP contribution in [0.4, 0.5) is 11.5 Å². The number of aryl methyl sites for hydroxylation is 1. The summed E-state index contributed by atoms with van der Waals surface area (Å²) >= 11 is 1.25. The van der Waals surface area contributed by atoms with E-state index in [2.05, 4.69) is 26.7 Å². The second-order valence-corrected chi connectivity index (χ2v) is 9.62. The lowest BCUT2D eigenvalue weighted by Crippen LogP contribution is -2.49. The van der Waals surface area contributed by atoms with Gasteiger partial charge in [0.25, 0.3) is 11.5 Å². The van der Waals surface area contributed by atoms with Crippen molar-refractivity contribution in [2.45, 2.75) is 32.7 Å². The Balaban J connectivity index is 1.52. The molecule has 1 amide bonds. The van der Waals surface area contributed by atoms with Crippen LogP contribution in [0.2, 0.25) is 0 Å². The molecule has 3 N–H and O–H groups in total. The summed E-state index contributed by atoms with van der Waals surface area (Å²) in [6, 6.07) is 5.57. The SMILES string of the molecule is Cc1cc(Nc2ncnc3sc(C(=O)N4CC(C#N)C4)cc23)c(=O)n2c1C(O)NC2(C)C. The second kappa shape index (κ2) is 7.09. The molecule has 164 valence electrons. The molecule has 11 heteroatoms. The number of pyridine rings is 1. The first-order chi connectivity index (χ1) is 15.2. The van der Waals surface area contributed by atoms with Crippen LogP contribution in [0.15, 0.2) is 23.3 Å². The van der Waals surface area contributed by atoms with E-state index in [0.717, 1.165) is 5.56 Å². The van der Waals surface area contributed by atoms with Gasteiger partial charge in [-0.2, -0.15) is 5.26 Å². The van der Waals surface area contributed by atoms with Gasteiger partial charge in [-0.3, -0.25) is 19.5 Å². The van der Waals surface area contributed by atoms with Gasteiger partial charge in [0.1, 0.15) is 28.9 Å². The molecule has 3 aromatic heterocycles. The number of amides is 1. The first-order valence-electron chi connectivity index (χ1n) is 10.1. The average Bonchev–Trinajstić information content (AvgIpc) is 3.23. The Hall–Kier alpha value is -3.33. The molecule has 0 aromatic carbocycles. The zero-order valence-corrected chi connectivity index (χ0v) is 18.5. The third-order valence-corrected chi connectivity index (χ3v) is 6.92. The quantitative estimate of drug-likeness (QED) is 0.548. The average molecular weight is 452 g/mol. The first-order valence-corrected chi connectivity index (χ1v) is 10.9. The van der Waals surface area contributed by atoms with Crippen molar-refractivity contribution in [1.82, 2.24) is 24.8 Å². The van der Waals surface area contributed by atoms with Crippen molar-refractivity contribution in [3.8, 4) is 6.07 Å². The minimum Gasteiger partial charge on any atom is -0.373 e. The lowest BCUT2D eigenvalue weighted by atomic mass is 10.0. The molecule has 2 aliphatic heterocycles. The summed E-state index contributed by atoms with van der Waals surface area (Å²) in [4.78, 5) is 37.3. The summed E-state index contributed by atoms with van der Waals surface area (Å²) in [5.41, 5.74) is 0.562. The molecule has 0 bridgehead atoms. The van der Waals surface area contributed by atoms with Crippen molar-refractivity contribution in [1.29, 1.82) is 5.26 Å². The third kappa shape index (κ3) is 3.07. The monoisotopic (exact) mass is 451 g/mol. The zero-order valence-electron chi connectivity index (χ0n) is 17.7. The van der Waals surface area contributed by atoms with Crippen LogP contribution < -0.4 is 16.2 Å². The molecule has 1 fully saturated rings. The van der Waals surface area contributed by atoms with Gasteiger partial charge < -0.3 is 15.3 Å². The minimum absolute atomic E-state index is 0.112. The summed E-state index contributed by atoms with van der Waals surface area (Å²) in [6.45, 7) is 6.34. The number of thiophene rings is 1. The highest BCUT2D eigenvalue weighted by Gasteiger charge is 2.38. The molecule has 5 heterocycles. The van der Waals surface area contributed by atoms with Crippen molar-refractivity contribution in [3.63, 3.8) is 0 Å². The van der Waals surface area contributed by atoms with E-state index in [4.69, 9.17) is 5.26 Å². The Labute approximate surface area is 187 Å². The molecular weight excluding hydrogens is 430 g/mol. The molecule has 5 rings (SSSR count). The number of aliphatic hydroxyl groups is 1. The first kappa shape index (κ1) is 20.6. The minimum atomic E-state index is -0.926. The number of carbonyl (C=O) groups is 1. The van der Waals surface area contributed by atoms with Crippen LogP contribution in [0.1, 0.15) is 41.0 Å². The smallest absolute Gasteiger partial charge is 0.276 e. The summed E-state index contributed by atoms with van der Waals surface area (Å²) < 4.78 is 1.55. The maximum atomic E-state index is 13.2. The molecule has 0 spiro atoms. The lowest BCUT2D eigenvalue weighted by Gasteiger charge is -2.34. The molecular formula is C21H21N7O3S. The normalized spacial score (nSPS) is 19.5. The number of carbonyl (C=O) groups excluding carboxylic acids is 1. The number of aliphatic hydroxyl groups excluding tert-OH is 1. The summed E-state index contributed by atoms with van der Waals surface area (Å²) in [6.07, 6.45) is 0.461. The fraction of sp³-hybridized carbons (Fsp3) is 0.381. The molecule has 10 nitrogen and oxygen atoms in total. The van der Waals surface area contributed by atoms with Gasteiger partial charge in [-0.25, -0.2) is 9.97 Å². The topological polar surface area (TPSA) is 136 Å². The predicted molar refractivity (Wildman–Crippen MR) is 119 cm³/mol. The van der Waals surface area contributed by atoms with E-state index in [1.54, 1.807) is 21.6 Å². The van der Waals surface area contributed by atoms with Crippen molar-refractivity contribution in [2.75, 3.05) is 18.4 Å². The fourth-order valence-corrected chi connectivity index (χ4v) is 5.25. The Kier molecular flexibility index (Phi) is 4.56. The predicted octanol–water partition coefficient (Wildman–Crippen LogP) is 1.79. The van der Waals surface area contributed by atoms with Crippen molar-refractivity contribution >= 4 is 39.0 Å². The number of nitriles is 1. The van der Waals surface area contributed by atoms with Gasteiger partial charge >= 0.3 is 0 Å². The van der Waals surface area contributed by atoms with E-state index in [0.29, 0.717) is 45.4 Å². The Morgan fingerprint density at radius 1 is 1.38 bits per heavy atom. The molecule has 3 aromatic rings. The maximum Gasteiger partial charge on any atom is 0.276 e. The molecule has 32 heavy (non-hydrogen) atoms. The molecule has 1 saturated heterocycles.